The van der Waals surface area contributed by atoms with Crippen LogP contribution in [0.15, 0.2) is 30.3 Å². The Balaban J connectivity index is 2.30. The molecule has 106 valence electrons. The minimum atomic E-state index is -1.05. The molecular weight excluding hydrogens is 301 g/mol. The van der Waals surface area contributed by atoms with E-state index in [2.05, 4.69) is 9.97 Å². The number of hydrogen-bond donors (Lipinski definition) is 0. The first kappa shape index (κ1) is 13.8. The van der Waals surface area contributed by atoms with Gasteiger partial charge in [0.25, 0.3) is 0 Å². The smallest absolute Gasteiger partial charge is 0.164 e. The summed E-state index contributed by atoms with van der Waals surface area (Å²) in [5, 5.41) is 0.113. The molecule has 3 aromatic rings. The molecule has 6 heteroatoms. The molecule has 21 heavy (non-hydrogen) atoms. The maximum atomic E-state index is 13.9. The largest absolute Gasteiger partial charge is 0.228 e. The molecular formula is C15H8ClF3N2. The van der Waals surface area contributed by atoms with Crippen molar-refractivity contribution in [1.82, 2.24) is 9.97 Å². The van der Waals surface area contributed by atoms with E-state index in [0.717, 1.165) is 17.7 Å². The number of rotatable bonds is 1. The van der Waals surface area contributed by atoms with E-state index in [-0.39, 0.29) is 27.4 Å². The van der Waals surface area contributed by atoms with Crippen molar-refractivity contribution in [2.24, 2.45) is 0 Å². The van der Waals surface area contributed by atoms with E-state index in [0.29, 0.717) is 0 Å². The molecule has 0 fully saturated rings. The van der Waals surface area contributed by atoms with Gasteiger partial charge in [0.1, 0.15) is 11.0 Å². The fourth-order valence-corrected chi connectivity index (χ4v) is 2.25. The second-order valence-corrected chi connectivity index (χ2v) is 4.96. The van der Waals surface area contributed by atoms with Crippen molar-refractivity contribution in [1.29, 1.82) is 0 Å². The van der Waals surface area contributed by atoms with Crippen LogP contribution in [0.3, 0.4) is 0 Å². The predicted molar refractivity (Wildman–Crippen MR) is 74.6 cm³/mol. The summed E-state index contributed by atoms with van der Waals surface area (Å²) in [6, 6.07) is 6.29. The fourth-order valence-electron chi connectivity index (χ4n) is 2.02. The lowest BCUT2D eigenvalue weighted by molar-refractivity contribution is 0.510. The fraction of sp³-hybridized carbons (Fsp3) is 0.0667. The van der Waals surface area contributed by atoms with Crippen LogP contribution in [0.1, 0.15) is 5.56 Å². The van der Waals surface area contributed by atoms with Gasteiger partial charge in [-0.1, -0.05) is 23.2 Å². The first-order valence-electron chi connectivity index (χ1n) is 6.04. The number of fused-ring (bicyclic) bond motifs is 1. The van der Waals surface area contributed by atoms with Crippen molar-refractivity contribution < 1.29 is 13.2 Å². The van der Waals surface area contributed by atoms with Crippen molar-refractivity contribution in [2.45, 2.75) is 6.92 Å². The zero-order chi connectivity index (χ0) is 15.1. The molecule has 3 rings (SSSR count). The number of hydrogen-bond acceptors (Lipinski definition) is 2. The van der Waals surface area contributed by atoms with Gasteiger partial charge in [0.05, 0.1) is 11.1 Å². The Labute approximate surface area is 123 Å². The number of nitrogens with zero attached hydrogens (tertiary/aromatic N) is 2. The van der Waals surface area contributed by atoms with E-state index in [1.807, 2.05) is 0 Å². The molecule has 0 spiro atoms. The van der Waals surface area contributed by atoms with E-state index in [1.54, 1.807) is 19.1 Å². The zero-order valence-electron chi connectivity index (χ0n) is 10.8. The van der Waals surface area contributed by atoms with Gasteiger partial charge in [-0.25, -0.2) is 23.1 Å². The molecule has 0 aliphatic rings. The summed E-state index contributed by atoms with van der Waals surface area (Å²) in [7, 11) is 0. The topological polar surface area (TPSA) is 25.8 Å². The minimum absolute atomic E-state index is 0.0275. The lowest BCUT2D eigenvalue weighted by Crippen LogP contribution is -1.96. The van der Waals surface area contributed by atoms with Crippen LogP contribution in [0, 0.1) is 24.4 Å². The van der Waals surface area contributed by atoms with Crippen LogP contribution < -0.4 is 0 Å². The van der Waals surface area contributed by atoms with E-state index >= 15 is 0 Å². The predicted octanol–water partition coefficient (Wildman–Crippen LogP) is 4.68. The highest BCUT2D eigenvalue weighted by Crippen LogP contribution is 2.28. The van der Waals surface area contributed by atoms with Crippen molar-refractivity contribution in [2.75, 3.05) is 0 Å². The van der Waals surface area contributed by atoms with Gasteiger partial charge in [0.15, 0.2) is 17.5 Å². The molecule has 0 aliphatic heterocycles. The monoisotopic (exact) mass is 308 g/mol. The lowest BCUT2D eigenvalue weighted by Gasteiger charge is -2.07. The number of benzene rings is 2. The highest BCUT2D eigenvalue weighted by molar-refractivity contribution is 6.34. The Bertz CT molecular complexity index is 865. The second kappa shape index (κ2) is 5.00. The summed E-state index contributed by atoms with van der Waals surface area (Å²) < 4.78 is 40.4. The second-order valence-electron chi connectivity index (χ2n) is 4.60. The molecule has 1 aromatic heterocycles. The molecule has 0 atom stereocenters. The third-order valence-electron chi connectivity index (χ3n) is 3.05. The van der Waals surface area contributed by atoms with Gasteiger partial charge in [-0.05, 0) is 25.1 Å². The van der Waals surface area contributed by atoms with Crippen molar-refractivity contribution >= 4 is 22.5 Å². The van der Waals surface area contributed by atoms with E-state index < -0.39 is 17.5 Å². The van der Waals surface area contributed by atoms with Gasteiger partial charge in [-0.2, -0.15) is 0 Å². The Morgan fingerprint density at radius 2 is 1.62 bits per heavy atom. The van der Waals surface area contributed by atoms with Crippen molar-refractivity contribution in [3.63, 3.8) is 0 Å². The molecule has 2 aromatic carbocycles. The van der Waals surface area contributed by atoms with Crippen LogP contribution >= 0.6 is 11.6 Å². The molecule has 0 saturated heterocycles. The summed E-state index contributed by atoms with van der Waals surface area (Å²) in [5.41, 5.74) is 1.09. The Kier molecular flexibility index (Phi) is 3.29. The molecule has 0 radical (unpaired) electrons. The van der Waals surface area contributed by atoms with Gasteiger partial charge in [-0.3, -0.25) is 0 Å². The van der Waals surface area contributed by atoms with Crippen LogP contribution in [-0.2, 0) is 0 Å². The maximum absolute atomic E-state index is 13.9. The van der Waals surface area contributed by atoms with Crippen molar-refractivity contribution in [3.8, 4) is 11.4 Å². The highest BCUT2D eigenvalue weighted by Gasteiger charge is 2.14. The number of aryl methyl sites for hydroxylation is 1. The van der Waals surface area contributed by atoms with Gasteiger partial charge in [0.2, 0.25) is 0 Å². The summed E-state index contributed by atoms with van der Waals surface area (Å²) in [5.74, 6) is -2.58. The van der Waals surface area contributed by atoms with Crippen LogP contribution in [0.2, 0.25) is 5.15 Å². The van der Waals surface area contributed by atoms with Crippen LogP contribution in [0.5, 0.6) is 0 Å². The molecule has 1 heterocycles. The standard InChI is InChI=1S/C15H8ClF3N2/c1-7-2-3-10(17)8(4-7)15-20-13-6-12(19)11(18)5-9(13)14(16)21-15/h2-6H,1H3. The third-order valence-corrected chi connectivity index (χ3v) is 3.34. The Morgan fingerprint density at radius 1 is 0.905 bits per heavy atom. The highest BCUT2D eigenvalue weighted by atomic mass is 35.5. The van der Waals surface area contributed by atoms with Gasteiger partial charge < -0.3 is 0 Å². The molecule has 2 nitrogen and oxygen atoms in total. The third kappa shape index (κ3) is 2.45. The summed E-state index contributed by atoms with van der Waals surface area (Å²) in [6.45, 7) is 1.79. The lowest BCUT2D eigenvalue weighted by atomic mass is 10.1. The summed E-state index contributed by atoms with van der Waals surface area (Å²) in [4.78, 5) is 8.04. The first-order chi connectivity index (χ1) is 9.95. The maximum Gasteiger partial charge on any atom is 0.164 e. The SMILES string of the molecule is Cc1ccc(F)c(-c2nc(Cl)c3cc(F)c(F)cc3n2)c1. The van der Waals surface area contributed by atoms with Crippen molar-refractivity contribution in [3.05, 3.63) is 58.5 Å². The van der Waals surface area contributed by atoms with Gasteiger partial charge >= 0.3 is 0 Å². The molecule has 0 unspecified atom stereocenters. The normalized spacial score (nSPS) is 11.1. The Morgan fingerprint density at radius 3 is 2.38 bits per heavy atom. The van der Waals surface area contributed by atoms with Gasteiger partial charge in [0, 0.05) is 11.5 Å². The average molecular weight is 309 g/mol. The number of aromatic nitrogens is 2. The summed E-state index contributed by atoms with van der Waals surface area (Å²) in [6.07, 6.45) is 0. The zero-order valence-corrected chi connectivity index (χ0v) is 11.5. The molecule has 0 saturated carbocycles. The molecule has 0 amide bonds. The molecule has 0 bridgehead atoms. The quantitative estimate of drug-likeness (QED) is 0.610. The van der Waals surface area contributed by atoms with E-state index in [1.165, 1.54) is 6.07 Å². The van der Waals surface area contributed by atoms with E-state index in [9.17, 15) is 13.2 Å². The van der Waals surface area contributed by atoms with Crippen LogP contribution in [0.4, 0.5) is 13.2 Å². The van der Waals surface area contributed by atoms with Gasteiger partial charge in [-0.15, -0.1) is 0 Å². The average Bonchev–Trinajstić information content (AvgIpc) is 2.43. The van der Waals surface area contributed by atoms with E-state index in [4.69, 9.17) is 11.6 Å². The molecule has 0 N–H and O–H groups in total. The molecule has 0 aliphatic carbocycles. The summed E-state index contributed by atoms with van der Waals surface area (Å²) >= 11 is 5.97. The Hall–Kier alpha value is -2.14. The first-order valence-corrected chi connectivity index (χ1v) is 6.42. The van der Waals surface area contributed by atoms with Crippen LogP contribution in [-0.4, -0.2) is 9.97 Å². The number of halogens is 4. The van der Waals surface area contributed by atoms with Crippen LogP contribution in [0.25, 0.3) is 22.3 Å². The minimum Gasteiger partial charge on any atom is -0.228 e.